The first-order valence-corrected chi connectivity index (χ1v) is 7.88. The Morgan fingerprint density at radius 3 is 2.73 bits per heavy atom. The van der Waals surface area contributed by atoms with Crippen LogP contribution in [0, 0.1) is 0 Å². The van der Waals surface area contributed by atoms with Crippen molar-refractivity contribution in [1.82, 2.24) is 5.32 Å². The summed E-state index contributed by atoms with van der Waals surface area (Å²) in [6, 6.07) is 16.5. The van der Waals surface area contributed by atoms with E-state index in [9.17, 15) is 5.11 Å². The molecule has 0 saturated carbocycles. The highest BCUT2D eigenvalue weighted by Crippen LogP contribution is 2.27. The van der Waals surface area contributed by atoms with Gasteiger partial charge in [0, 0.05) is 32.4 Å². The van der Waals surface area contributed by atoms with Gasteiger partial charge in [0.05, 0.1) is 5.60 Å². The van der Waals surface area contributed by atoms with E-state index in [-0.39, 0.29) is 0 Å². The van der Waals surface area contributed by atoms with Gasteiger partial charge >= 0.3 is 0 Å². The van der Waals surface area contributed by atoms with Crippen molar-refractivity contribution < 1.29 is 5.11 Å². The Labute approximate surface area is 132 Å². The minimum absolute atomic E-state index is 0.536. The molecule has 0 saturated heterocycles. The van der Waals surface area contributed by atoms with Gasteiger partial charge in [-0.3, -0.25) is 0 Å². The molecule has 116 valence electrons. The summed E-state index contributed by atoms with van der Waals surface area (Å²) >= 11 is 0. The second kappa shape index (κ2) is 6.11. The largest absolute Gasteiger partial charge is 0.384 e. The van der Waals surface area contributed by atoms with Crippen LogP contribution in [-0.2, 0) is 18.6 Å². The van der Waals surface area contributed by atoms with E-state index >= 15 is 0 Å². The third-order valence-electron chi connectivity index (χ3n) is 4.47. The Morgan fingerprint density at radius 2 is 1.95 bits per heavy atom. The third-order valence-corrected chi connectivity index (χ3v) is 4.47. The molecule has 1 atom stereocenters. The highest BCUT2D eigenvalue weighted by Gasteiger charge is 2.22. The first-order chi connectivity index (χ1) is 10.6. The Kier molecular flexibility index (Phi) is 4.19. The van der Waals surface area contributed by atoms with Crippen LogP contribution in [0.1, 0.15) is 23.6 Å². The van der Waals surface area contributed by atoms with Crippen LogP contribution in [0.5, 0.6) is 0 Å². The van der Waals surface area contributed by atoms with Crippen molar-refractivity contribution in [2.24, 2.45) is 0 Å². The minimum Gasteiger partial charge on any atom is -0.384 e. The molecule has 2 N–H and O–H groups in total. The highest BCUT2D eigenvalue weighted by molar-refractivity contribution is 5.58. The SMILES string of the molecule is CN1CCc2cc(CNCC(C)(O)c3ccccc3)ccc21. The lowest BCUT2D eigenvalue weighted by molar-refractivity contribution is 0.0567. The van der Waals surface area contributed by atoms with Crippen molar-refractivity contribution in [2.45, 2.75) is 25.5 Å². The smallest absolute Gasteiger partial charge is 0.0992 e. The summed E-state index contributed by atoms with van der Waals surface area (Å²) in [4.78, 5) is 2.30. The number of fused-ring (bicyclic) bond motifs is 1. The van der Waals surface area contributed by atoms with Gasteiger partial charge in [-0.15, -0.1) is 0 Å². The van der Waals surface area contributed by atoms with Gasteiger partial charge in [0.1, 0.15) is 0 Å². The second-order valence-corrected chi connectivity index (χ2v) is 6.38. The van der Waals surface area contributed by atoms with Crippen LogP contribution in [0.15, 0.2) is 48.5 Å². The normalized spacial score (nSPS) is 16.4. The number of benzene rings is 2. The molecule has 1 aliphatic heterocycles. The van der Waals surface area contributed by atoms with E-state index < -0.39 is 5.60 Å². The van der Waals surface area contributed by atoms with Crippen LogP contribution >= 0.6 is 0 Å². The number of rotatable bonds is 5. The predicted octanol–water partition coefficient (Wildman–Crippen LogP) is 2.68. The molecule has 3 heteroatoms. The number of anilines is 1. The Hall–Kier alpha value is -1.84. The summed E-state index contributed by atoms with van der Waals surface area (Å²) in [6.45, 7) is 4.27. The van der Waals surface area contributed by atoms with E-state index in [1.807, 2.05) is 37.3 Å². The Morgan fingerprint density at radius 1 is 1.18 bits per heavy atom. The maximum absolute atomic E-state index is 10.6. The topological polar surface area (TPSA) is 35.5 Å². The molecule has 2 aromatic carbocycles. The van der Waals surface area contributed by atoms with Crippen molar-refractivity contribution >= 4 is 5.69 Å². The number of hydrogen-bond acceptors (Lipinski definition) is 3. The van der Waals surface area contributed by atoms with Gasteiger partial charge in [0.15, 0.2) is 0 Å². The lowest BCUT2D eigenvalue weighted by atomic mass is 9.96. The van der Waals surface area contributed by atoms with E-state index in [0.717, 1.165) is 25.1 Å². The third kappa shape index (κ3) is 3.16. The minimum atomic E-state index is -0.849. The van der Waals surface area contributed by atoms with E-state index in [2.05, 4.69) is 35.5 Å². The summed E-state index contributed by atoms with van der Waals surface area (Å²) in [6.07, 6.45) is 1.13. The number of nitrogens with one attached hydrogen (secondary N) is 1. The van der Waals surface area contributed by atoms with Crippen LogP contribution in [0.3, 0.4) is 0 Å². The molecule has 0 aromatic heterocycles. The summed E-state index contributed by atoms with van der Waals surface area (Å²) in [7, 11) is 2.14. The zero-order valence-corrected chi connectivity index (χ0v) is 13.3. The molecule has 0 radical (unpaired) electrons. The quantitative estimate of drug-likeness (QED) is 0.890. The number of aliphatic hydroxyl groups is 1. The van der Waals surface area contributed by atoms with Crippen molar-refractivity contribution in [2.75, 3.05) is 25.0 Å². The molecule has 1 heterocycles. The van der Waals surface area contributed by atoms with E-state index in [1.54, 1.807) is 0 Å². The van der Waals surface area contributed by atoms with Crippen LogP contribution in [0.25, 0.3) is 0 Å². The monoisotopic (exact) mass is 296 g/mol. The Balaban J connectivity index is 1.59. The van der Waals surface area contributed by atoms with Gasteiger partial charge in [-0.25, -0.2) is 0 Å². The molecule has 1 unspecified atom stereocenters. The summed E-state index contributed by atoms with van der Waals surface area (Å²) < 4.78 is 0. The van der Waals surface area contributed by atoms with E-state index in [0.29, 0.717) is 6.54 Å². The molecule has 0 fully saturated rings. The van der Waals surface area contributed by atoms with Gasteiger partial charge in [0.25, 0.3) is 0 Å². The van der Waals surface area contributed by atoms with Crippen LogP contribution in [-0.4, -0.2) is 25.2 Å². The lowest BCUT2D eigenvalue weighted by Crippen LogP contribution is -2.35. The number of nitrogens with zero attached hydrogens (tertiary/aromatic N) is 1. The first kappa shape index (κ1) is 15.1. The van der Waals surface area contributed by atoms with Crippen molar-refractivity contribution in [3.05, 3.63) is 65.2 Å². The maximum atomic E-state index is 10.6. The van der Waals surface area contributed by atoms with E-state index in [1.165, 1.54) is 16.8 Å². The molecule has 0 spiro atoms. The van der Waals surface area contributed by atoms with Gasteiger partial charge in [0.2, 0.25) is 0 Å². The summed E-state index contributed by atoms with van der Waals surface area (Å²) in [5.41, 5.74) is 4.14. The molecule has 3 rings (SSSR count). The Bertz CT molecular complexity index is 637. The molecule has 0 amide bonds. The zero-order valence-electron chi connectivity index (χ0n) is 13.3. The van der Waals surface area contributed by atoms with Gasteiger partial charge in [-0.2, -0.15) is 0 Å². The van der Waals surface area contributed by atoms with Gasteiger partial charge in [-0.05, 0) is 36.1 Å². The number of hydrogen-bond donors (Lipinski definition) is 2. The van der Waals surface area contributed by atoms with Gasteiger partial charge < -0.3 is 15.3 Å². The molecular weight excluding hydrogens is 272 g/mol. The molecule has 2 aromatic rings. The lowest BCUT2D eigenvalue weighted by Gasteiger charge is -2.24. The summed E-state index contributed by atoms with van der Waals surface area (Å²) in [5, 5.41) is 14.0. The fraction of sp³-hybridized carbons (Fsp3) is 0.368. The average molecular weight is 296 g/mol. The molecule has 0 aliphatic carbocycles. The van der Waals surface area contributed by atoms with Crippen LogP contribution in [0.4, 0.5) is 5.69 Å². The number of likely N-dealkylation sites (N-methyl/N-ethyl adjacent to an activating group) is 1. The average Bonchev–Trinajstić information content (AvgIpc) is 2.89. The van der Waals surface area contributed by atoms with Crippen molar-refractivity contribution in [3.63, 3.8) is 0 Å². The first-order valence-electron chi connectivity index (χ1n) is 7.88. The fourth-order valence-corrected chi connectivity index (χ4v) is 3.08. The molecule has 22 heavy (non-hydrogen) atoms. The fourth-order valence-electron chi connectivity index (χ4n) is 3.08. The molecule has 3 nitrogen and oxygen atoms in total. The maximum Gasteiger partial charge on any atom is 0.0992 e. The molecule has 0 bridgehead atoms. The molecule has 1 aliphatic rings. The molecular formula is C19H24N2O. The van der Waals surface area contributed by atoms with Gasteiger partial charge in [-0.1, -0.05) is 42.5 Å². The van der Waals surface area contributed by atoms with Crippen molar-refractivity contribution in [1.29, 1.82) is 0 Å². The highest BCUT2D eigenvalue weighted by atomic mass is 16.3. The second-order valence-electron chi connectivity index (χ2n) is 6.38. The van der Waals surface area contributed by atoms with Crippen molar-refractivity contribution in [3.8, 4) is 0 Å². The zero-order chi connectivity index (χ0) is 15.6. The predicted molar refractivity (Wildman–Crippen MR) is 91.1 cm³/mol. The van der Waals surface area contributed by atoms with Crippen LogP contribution < -0.4 is 10.2 Å². The van der Waals surface area contributed by atoms with Crippen LogP contribution in [0.2, 0.25) is 0 Å². The summed E-state index contributed by atoms with van der Waals surface area (Å²) in [5.74, 6) is 0. The standard InChI is InChI=1S/C19H24N2O/c1-19(22,17-6-4-3-5-7-17)14-20-13-15-8-9-18-16(12-15)10-11-21(18)2/h3-9,12,20,22H,10-11,13-14H2,1-2H3. The van der Waals surface area contributed by atoms with E-state index in [4.69, 9.17) is 0 Å².